The number of para-hydroxylation sites is 1. The van der Waals surface area contributed by atoms with Gasteiger partial charge in [0.2, 0.25) is 0 Å². The SMILES string of the molecule is NNC(=O)c1ccccc1OCc1cccc2ccccc12. The molecule has 1 amide bonds. The first-order valence-electron chi connectivity index (χ1n) is 6.99. The van der Waals surface area contributed by atoms with Gasteiger partial charge in [-0.25, -0.2) is 5.84 Å². The van der Waals surface area contributed by atoms with E-state index in [9.17, 15) is 4.79 Å². The van der Waals surface area contributed by atoms with E-state index in [4.69, 9.17) is 10.6 Å². The van der Waals surface area contributed by atoms with Crippen molar-refractivity contribution in [3.05, 3.63) is 77.9 Å². The molecule has 0 bridgehead atoms. The van der Waals surface area contributed by atoms with Crippen molar-refractivity contribution in [1.29, 1.82) is 0 Å². The lowest BCUT2D eigenvalue weighted by Gasteiger charge is -2.12. The topological polar surface area (TPSA) is 64.3 Å². The monoisotopic (exact) mass is 292 g/mol. The minimum Gasteiger partial charge on any atom is -0.488 e. The third-order valence-electron chi connectivity index (χ3n) is 3.53. The van der Waals surface area contributed by atoms with Crippen molar-refractivity contribution in [2.75, 3.05) is 0 Å². The van der Waals surface area contributed by atoms with Crippen molar-refractivity contribution in [2.24, 2.45) is 5.84 Å². The molecule has 3 aromatic rings. The Morgan fingerprint density at radius 1 is 0.955 bits per heavy atom. The molecule has 3 rings (SSSR count). The number of nitrogens with two attached hydrogens (primary N) is 1. The van der Waals surface area contributed by atoms with E-state index < -0.39 is 0 Å². The van der Waals surface area contributed by atoms with Crippen LogP contribution >= 0.6 is 0 Å². The molecule has 3 N–H and O–H groups in total. The zero-order valence-electron chi connectivity index (χ0n) is 12.0. The van der Waals surface area contributed by atoms with Gasteiger partial charge < -0.3 is 4.74 Å². The van der Waals surface area contributed by atoms with E-state index in [0.717, 1.165) is 16.3 Å². The van der Waals surface area contributed by atoms with E-state index in [0.29, 0.717) is 17.9 Å². The molecule has 0 aliphatic rings. The van der Waals surface area contributed by atoms with E-state index in [-0.39, 0.29) is 5.91 Å². The van der Waals surface area contributed by atoms with Crippen LogP contribution in [-0.2, 0) is 6.61 Å². The number of hydrazine groups is 1. The van der Waals surface area contributed by atoms with Gasteiger partial charge in [-0.15, -0.1) is 0 Å². The number of nitrogen functional groups attached to an aromatic ring is 1. The third kappa shape index (κ3) is 2.77. The van der Waals surface area contributed by atoms with Crippen molar-refractivity contribution in [2.45, 2.75) is 6.61 Å². The summed E-state index contributed by atoms with van der Waals surface area (Å²) >= 11 is 0. The van der Waals surface area contributed by atoms with E-state index in [1.54, 1.807) is 18.2 Å². The molecule has 0 spiro atoms. The summed E-state index contributed by atoms with van der Waals surface area (Å²) in [6, 6.07) is 21.3. The van der Waals surface area contributed by atoms with Gasteiger partial charge in [-0.2, -0.15) is 0 Å². The molecule has 110 valence electrons. The van der Waals surface area contributed by atoms with E-state index in [1.165, 1.54) is 0 Å². The second-order valence-electron chi connectivity index (χ2n) is 4.90. The fraction of sp³-hybridized carbons (Fsp3) is 0.0556. The summed E-state index contributed by atoms with van der Waals surface area (Å²) in [5.74, 6) is 5.34. The van der Waals surface area contributed by atoms with Crippen LogP contribution < -0.4 is 16.0 Å². The van der Waals surface area contributed by atoms with Crippen LogP contribution in [0.3, 0.4) is 0 Å². The minimum absolute atomic E-state index is 0.367. The third-order valence-corrected chi connectivity index (χ3v) is 3.53. The molecule has 0 aliphatic carbocycles. The number of hydrogen-bond acceptors (Lipinski definition) is 3. The van der Waals surface area contributed by atoms with Crippen LogP contribution in [0.25, 0.3) is 10.8 Å². The number of carbonyl (C=O) groups is 1. The number of amides is 1. The molecular weight excluding hydrogens is 276 g/mol. The molecule has 0 aliphatic heterocycles. The van der Waals surface area contributed by atoms with Gasteiger partial charge in [0.15, 0.2) is 0 Å². The molecule has 3 aromatic carbocycles. The van der Waals surface area contributed by atoms with Crippen molar-refractivity contribution in [3.8, 4) is 5.75 Å². The average molecular weight is 292 g/mol. The van der Waals surface area contributed by atoms with Crippen molar-refractivity contribution >= 4 is 16.7 Å². The maximum atomic E-state index is 11.7. The van der Waals surface area contributed by atoms with Gasteiger partial charge in [0.05, 0.1) is 5.56 Å². The second-order valence-corrected chi connectivity index (χ2v) is 4.90. The van der Waals surface area contributed by atoms with Gasteiger partial charge >= 0.3 is 0 Å². The molecule has 0 heterocycles. The fourth-order valence-electron chi connectivity index (χ4n) is 2.43. The van der Waals surface area contributed by atoms with Gasteiger partial charge in [0, 0.05) is 0 Å². The summed E-state index contributed by atoms with van der Waals surface area (Å²) in [6.07, 6.45) is 0. The molecule has 4 nitrogen and oxygen atoms in total. The summed E-state index contributed by atoms with van der Waals surface area (Å²) in [5.41, 5.74) is 3.62. The maximum Gasteiger partial charge on any atom is 0.268 e. The lowest BCUT2D eigenvalue weighted by molar-refractivity contribution is 0.0949. The highest BCUT2D eigenvalue weighted by Crippen LogP contribution is 2.22. The van der Waals surface area contributed by atoms with Crippen LogP contribution in [0.4, 0.5) is 0 Å². The first-order valence-corrected chi connectivity index (χ1v) is 6.99. The first-order chi connectivity index (χ1) is 10.8. The zero-order valence-corrected chi connectivity index (χ0v) is 12.0. The Balaban J connectivity index is 1.88. The van der Waals surface area contributed by atoms with Gasteiger partial charge in [0.1, 0.15) is 12.4 Å². The second kappa shape index (κ2) is 6.28. The summed E-state index contributed by atoms with van der Waals surface area (Å²) in [5, 5.41) is 2.31. The van der Waals surface area contributed by atoms with Crippen molar-refractivity contribution in [3.63, 3.8) is 0 Å². The number of benzene rings is 3. The summed E-state index contributed by atoms with van der Waals surface area (Å²) in [6.45, 7) is 0.385. The number of fused-ring (bicyclic) bond motifs is 1. The predicted octanol–water partition coefficient (Wildman–Crippen LogP) is 3.02. The normalized spacial score (nSPS) is 10.4. The van der Waals surface area contributed by atoms with Crippen LogP contribution in [0.5, 0.6) is 5.75 Å². The zero-order chi connectivity index (χ0) is 15.4. The van der Waals surface area contributed by atoms with Crippen LogP contribution in [0.1, 0.15) is 15.9 Å². The van der Waals surface area contributed by atoms with Crippen molar-refractivity contribution in [1.82, 2.24) is 5.43 Å². The number of ether oxygens (including phenoxy) is 1. The molecule has 0 radical (unpaired) electrons. The summed E-state index contributed by atoms with van der Waals surface area (Å²) < 4.78 is 5.84. The highest BCUT2D eigenvalue weighted by molar-refractivity contribution is 5.96. The standard InChI is InChI=1S/C18H16N2O2/c19-20-18(21)16-10-3-4-11-17(16)22-12-14-8-5-7-13-6-1-2-9-15(13)14/h1-11H,12,19H2,(H,20,21). The number of nitrogens with one attached hydrogen (secondary N) is 1. The quantitative estimate of drug-likeness (QED) is 0.441. The summed E-state index contributed by atoms with van der Waals surface area (Å²) in [4.78, 5) is 11.7. The smallest absolute Gasteiger partial charge is 0.268 e. The Labute approximate surface area is 128 Å². The Hall–Kier alpha value is -2.85. The van der Waals surface area contributed by atoms with Crippen LogP contribution in [-0.4, -0.2) is 5.91 Å². The molecule has 0 saturated heterocycles. The van der Waals surface area contributed by atoms with Crippen LogP contribution in [0, 0.1) is 0 Å². The lowest BCUT2D eigenvalue weighted by atomic mass is 10.1. The molecule has 0 aromatic heterocycles. The molecular formula is C18H16N2O2. The number of carbonyl (C=O) groups excluding carboxylic acids is 1. The average Bonchev–Trinajstić information content (AvgIpc) is 2.59. The van der Waals surface area contributed by atoms with Crippen LogP contribution in [0.15, 0.2) is 66.7 Å². The van der Waals surface area contributed by atoms with Gasteiger partial charge in [-0.1, -0.05) is 54.6 Å². The van der Waals surface area contributed by atoms with E-state index >= 15 is 0 Å². The number of hydrogen-bond donors (Lipinski definition) is 2. The maximum absolute atomic E-state index is 11.7. The Morgan fingerprint density at radius 2 is 1.68 bits per heavy atom. The highest BCUT2D eigenvalue weighted by Gasteiger charge is 2.11. The van der Waals surface area contributed by atoms with E-state index in [2.05, 4.69) is 23.6 Å². The van der Waals surface area contributed by atoms with E-state index in [1.807, 2.05) is 30.3 Å². The molecule has 0 fully saturated rings. The predicted molar refractivity (Wildman–Crippen MR) is 86.4 cm³/mol. The van der Waals surface area contributed by atoms with Gasteiger partial charge in [-0.05, 0) is 28.5 Å². The van der Waals surface area contributed by atoms with Gasteiger partial charge in [-0.3, -0.25) is 10.2 Å². The molecule has 4 heteroatoms. The van der Waals surface area contributed by atoms with Gasteiger partial charge in [0.25, 0.3) is 5.91 Å². The minimum atomic E-state index is -0.367. The number of rotatable bonds is 4. The van der Waals surface area contributed by atoms with Crippen molar-refractivity contribution < 1.29 is 9.53 Å². The Kier molecular flexibility index (Phi) is 4.03. The summed E-state index contributed by atoms with van der Waals surface area (Å²) in [7, 11) is 0. The Morgan fingerprint density at radius 3 is 2.55 bits per heavy atom. The molecule has 0 atom stereocenters. The van der Waals surface area contributed by atoms with Crippen LogP contribution in [0.2, 0.25) is 0 Å². The molecule has 22 heavy (non-hydrogen) atoms. The molecule has 0 unspecified atom stereocenters. The highest BCUT2D eigenvalue weighted by atomic mass is 16.5. The molecule has 0 saturated carbocycles. The first kappa shape index (κ1) is 14.1. The Bertz CT molecular complexity index is 810. The fourth-order valence-corrected chi connectivity index (χ4v) is 2.43. The lowest BCUT2D eigenvalue weighted by Crippen LogP contribution is -2.30. The largest absolute Gasteiger partial charge is 0.488 e.